The van der Waals surface area contributed by atoms with Crippen molar-refractivity contribution in [1.29, 1.82) is 0 Å². The molecule has 0 saturated heterocycles. The number of aliphatic carboxylic acids is 1. The second kappa shape index (κ2) is 46.9. The van der Waals surface area contributed by atoms with Gasteiger partial charge in [0.15, 0.2) is 0 Å². The van der Waals surface area contributed by atoms with Crippen LogP contribution in [0.2, 0.25) is 0 Å². The van der Waals surface area contributed by atoms with Gasteiger partial charge >= 0.3 is 19.8 Å². The number of esters is 1. The summed E-state index contributed by atoms with van der Waals surface area (Å²) in [5.74, 6) is -1.77. The van der Waals surface area contributed by atoms with Crippen LogP contribution in [0.1, 0.15) is 226 Å². The minimum absolute atomic E-state index is 0.0166. The average Bonchev–Trinajstić information content (AvgIpc) is 3.25. The molecule has 62 heavy (non-hydrogen) atoms. The van der Waals surface area contributed by atoms with E-state index in [-0.39, 0.29) is 13.0 Å². The van der Waals surface area contributed by atoms with Gasteiger partial charge in [0.2, 0.25) is 0 Å². The van der Waals surface area contributed by atoms with Gasteiger partial charge < -0.3 is 25.2 Å². The van der Waals surface area contributed by atoms with Gasteiger partial charge in [-0.25, -0.2) is 4.57 Å². The Bertz CT molecular complexity index is 1170. The Labute approximate surface area is 379 Å². The molecule has 4 N–H and O–H groups in total. The van der Waals surface area contributed by atoms with Crippen LogP contribution in [0, 0.1) is 0 Å². The lowest BCUT2D eigenvalue weighted by atomic mass is 10.0. The molecule has 0 spiro atoms. The summed E-state index contributed by atoms with van der Waals surface area (Å²) < 4.78 is 33.5. The summed E-state index contributed by atoms with van der Waals surface area (Å²) in [6.45, 7) is 3.79. The highest BCUT2D eigenvalue weighted by Crippen LogP contribution is 2.43. The molecule has 3 atom stereocenters. The quantitative estimate of drug-likeness (QED) is 0.0233. The molecule has 0 heterocycles. The highest BCUT2D eigenvalue weighted by Gasteiger charge is 2.27. The fraction of sp³-hybridized carbons (Fsp3) is 0.804. The molecule has 0 aromatic rings. The Morgan fingerprint density at radius 1 is 0.532 bits per heavy atom. The third-order valence-electron chi connectivity index (χ3n) is 10.9. The Morgan fingerprint density at radius 2 is 0.935 bits per heavy atom. The summed E-state index contributed by atoms with van der Waals surface area (Å²) in [6, 6.07) is -1.47. The fourth-order valence-electron chi connectivity index (χ4n) is 7.01. The van der Waals surface area contributed by atoms with Crippen LogP contribution in [-0.2, 0) is 32.7 Å². The molecule has 11 heteroatoms. The molecule has 0 aliphatic carbocycles. The van der Waals surface area contributed by atoms with Crippen LogP contribution in [0.5, 0.6) is 0 Å². The van der Waals surface area contributed by atoms with E-state index in [2.05, 4.69) is 62.5 Å². The van der Waals surface area contributed by atoms with E-state index in [9.17, 15) is 19.0 Å². The molecule has 0 aromatic heterocycles. The number of ether oxygens (including phenoxy) is 2. The molecular weight excluding hydrogens is 802 g/mol. The van der Waals surface area contributed by atoms with Crippen molar-refractivity contribution in [3.8, 4) is 0 Å². The second-order valence-electron chi connectivity index (χ2n) is 16.9. The van der Waals surface area contributed by atoms with Gasteiger partial charge in [0.05, 0.1) is 19.8 Å². The number of phosphoric ester groups is 1. The number of phosphoric acid groups is 1. The van der Waals surface area contributed by atoms with Crippen molar-refractivity contribution >= 4 is 19.8 Å². The molecule has 362 valence electrons. The first-order valence-electron chi connectivity index (χ1n) is 25.2. The third kappa shape index (κ3) is 45.9. The Kier molecular flexibility index (Phi) is 45.3. The van der Waals surface area contributed by atoms with Crippen molar-refractivity contribution in [2.24, 2.45) is 5.73 Å². The van der Waals surface area contributed by atoms with Crippen LogP contribution in [0.15, 0.2) is 48.6 Å². The zero-order valence-electron chi connectivity index (χ0n) is 39.7. The zero-order chi connectivity index (χ0) is 45.5. The molecule has 3 unspecified atom stereocenters. The maximum Gasteiger partial charge on any atom is 0.472 e. The van der Waals surface area contributed by atoms with Gasteiger partial charge in [-0.15, -0.1) is 0 Å². The fourth-order valence-corrected chi connectivity index (χ4v) is 7.79. The number of rotatable bonds is 48. The van der Waals surface area contributed by atoms with Gasteiger partial charge in [0, 0.05) is 13.0 Å². The Hall–Kier alpha value is -2.07. The zero-order valence-corrected chi connectivity index (χ0v) is 40.6. The molecule has 0 radical (unpaired) electrons. The van der Waals surface area contributed by atoms with E-state index in [0.29, 0.717) is 13.0 Å². The van der Waals surface area contributed by atoms with Crippen LogP contribution < -0.4 is 5.73 Å². The number of allylic oxidation sites excluding steroid dienone is 8. The maximum absolute atomic E-state index is 12.7. The lowest BCUT2D eigenvalue weighted by molar-refractivity contribution is -0.154. The normalized spacial score (nSPS) is 14.1. The minimum atomic E-state index is -4.62. The molecule has 0 fully saturated rings. The van der Waals surface area contributed by atoms with E-state index in [0.717, 1.165) is 57.8 Å². The largest absolute Gasteiger partial charge is 0.480 e. The van der Waals surface area contributed by atoms with E-state index in [1.807, 2.05) is 0 Å². The summed E-state index contributed by atoms with van der Waals surface area (Å²) in [5, 5.41) is 8.92. The average molecular weight is 896 g/mol. The lowest BCUT2D eigenvalue weighted by Crippen LogP contribution is -2.34. The first-order valence-corrected chi connectivity index (χ1v) is 26.7. The third-order valence-corrected chi connectivity index (χ3v) is 11.8. The topological polar surface area (TPSA) is 155 Å². The first kappa shape index (κ1) is 59.9. The van der Waals surface area contributed by atoms with Crippen molar-refractivity contribution in [3.05, 3.63) is 48.6 Å². The number of carboxylic acids is 1. The molecule has 0 aliphatic heterocycles. The summed E-state index contributed by atoms with van der Waals surface area (Å²) >= 11 is 0. The van der Waals surface area contributed by atoms with Crippen molar-refractivity contribution < 1.29 is 42.7 Å². The van der Waals surface area contributed by atoms with E-state index in [4.69, 9.17) is 29.4 Å². The summed E-state index contributed by atoms with van der Waals surface area (Å²) in [4.78, 5) is 33.7. The first-order chi connectivity index (χ1) is 30.2. The molecule has 0 rings (SSSR count). The van der Waals surface area contributed by atoms with Gasteiger partial charge in [-0.2, -0.15) is 0 Å². The van der Waals surface area contributed by atoms with Gasteiger partial charge in [-0.1, -0.05) is 217 Å². The molecule has 0 saturated carbocycles. The van der Waals surface area contributed by atoms with E-state index < -0.39 is 45.1 Å². The highest BCUT2D eigenvalue weighted by atomic mass is 31.2. The molecule has 10 nitrogen and oxygen atoms in total. The van der Waals surface area contributed by atoms with E-state index in [1.165, 1.54) is 141 Å². The van der Waals surface area contributed by atoms with E-state index in [1.54, 1.807) is 0 Å². The van der Waals surface area contributed by atoms with Crippen molar-refractivity contribution in [2.45, 2.75) is 238 Å². The van der Waals surface area contributed by atoms with Gasteiger partial charge in [-0.05, 0) is 51.4 Å². The lowest BCUT2D eigenvalue weighted by Gasteiger charge is -2.20. The van der Waals surface area contributed by atoms with Crippen molar-refractivity contribution in [2.75, 3.05) is 26.4 Å². The van der Waals surface area contributed by atoms with E-state index >= 15 is 0 Å². The van der Waals surface area contributed by atoms with Crippen molar-refractivity contribution in [3.63, 3.8) is 0 Å². The minimum Gasteiger partial charge on any atom is -0.480 e. The standard InChI is InChI=1S/C51H94NO9P/c1-3-5-7-9-11-13-15-17-19-21-22-23-24-25-26-27-28-30-32-34-36-38-40-42-44-58-45-48(46-59-62(56,57)60-47-49(52)51(54)55)61-50(53)43-41-39-37-35-33-31-29-20-18-16-14-12-10-8-6-4-2/h5,7,11,13,17,19,22-23,48-49H,3-4,6,8-10,12,14-16,18,20-21,24-47,52H2,1-2H3,(H,54,55)(H,56,57)/b7-5-,13-11-,19-17-,23-22-. The van der Waals surface area contributed by atoms with Crippen molar-refractivity contribution in [1.82, 2.24) is 0 Å². The van der Waals surface area contributed by atoms with Crippen LogP contribution in [-0.4, -0.2) is 60.5 Å². The number of hydrogen-bond acceptors (Lipinski definition) is 8. The number of carbonyl (C=O) groups is 2. The van der Waals surface area contributed by atoms with Gasteiger partial charge in [0.1, 0.15) is 12.1 Å². The maximum atomic E-state index is 12.7. The highest BCUT2D eigenvalue weighted by molar-refractivity contribution is 7.47. The smallest absolute Gasteiger partial charge is 0.472 e. The number of carboxylic acid groups (broad SMARTS) is 1. The number of nitrogens with two attached hydrogens (primary N) is 1. The number of unbranched alkanes of at least 4 members (excludes halogenated alkanes) is 26. The van der Waals surface area contributed by atoms with Gasteiger partial charge in [0.25, 0.3) is 0 Å². The monoisotopic (exact) mass is 896 g/mol. The molecule has 0 amide bonds. The summed E-state index contributed by atoms with van der Waals surface area (Å²) in [7, 11) is -4.62. The van der Waals surface area contributed by atoms with Crippen LogP contribution >= 0.6 is 7.82 Å². The molecule has 0 bridgehead atoms. The summed E-state index contributed by atoms with van der Waals surface area (Å²) in [6.07, 6.45) is 55.9. The predicted octanol–water partition coefficient (Wildman–Crippen LogP) is 14.6. The number of carbonyl (C=O) groups excluding carboxylic acids is 1. The van der Waals surface area contributed by atoms with Crippen LogP contribution in [0.3, 0.4) is 0 Å². The second-order valence-corrected chi connectivity index (χ2v) is 18.4. The Balaban J connectivity index is 4.11. The molecule has 0 aromatic carbocycles. The molecular formula is C51H94NO9P. The Morgan fingerprint density at radius 3 is 1.40 bits per heavy atom. The van der Waals surface area contributed by atoms with Gasteiger partial charge in [-0.3, -0.25) is 18.6 Å². The van der Waals surface area contributed by atoms with Crippen LogP contribution in [0.25, 0.3) is 0 Å². The number of hydrogen-bond donors (Lipinski definition) is 3. The summed E-state index contributed by atoms with van der Waals surface area (Å²) in [5.41, 5.74) is 5.37. The SMILES string of the molecule is CC/C=C\C/C=C\C/C=C\C/C=C\CCCCCCCCCCCCCOCC(COP(=O)(O)OCC(N)C(=O)O)OC(=O)CCCCCCCCCCCCCCCCCC. The van der Waals surface area contributed by atoms with Crippen LogP contribution in [0.4, 0.5) is 0 Å². The predicted molar refractivity (Wildman–Crippen MR) is 258 cm³/mol. The molecule has 0 aliphatic rings.